The Balaban J connectivity index is 1.62. The number of carbonyl (C=O) groups is 1. The van der Waals surface area contributed by atoms with Crippen molar-refractivity contribution in [1.29, 1.82) is 0 Å². The van der Waals surface area contributed by atoms with Crippen LogP contribution in [0.5, 0.6) is 11.5 Å². The van der Waals surface area contributed by atoms with Gasteiger partial charge in [0.05, 0.1) is 14.2 Å². The van der Waals surface area contributed by atoms with Crippen LogP contribution in [0.1, 0.15) is 15.9 Å². The number of benzene rings is 2. The number of ether oxygens (including phenoxy) is 2. The second kappa shape index (κ2) is 8.35. The summed E-state index contributed by atoms with van der Waals surface area (Å²) in [5.41, 5.74) is 1.18. The summed E-state index contributed by atoms with van der Waals surface area (Å²) in [6, 6.07) is 8.91. The Bertz CT molecular complexity index is 821. The van der Waals surface area contributed by atoms with Crippen molar-refractivity contribution in [3.8, 4) is 11.5 Å². The molecule has 0 N–H and O–H groups in total. The summed E-state index contributed by atoms with van der Waals surface area (Å²) in [6.45, 7) is 3.06. The molecule has 1 heterocycles. The summed E-state index contributed by atoms with van der Waals surface area (Å²) in [7, 11) is 3.25. The SMILES string of the molecule is COc1ccc(OC)c(CN2CCN(C(=O)c3ccc(F)c(F)c3)CC2)c1. The molecule has 0 radical (unpaired) electrons. The minimum Gasteiger partial charge on any atom is -0.497 e. The third kappa shape index (κ3) is 4.36. The van der Waals surface area contributed by atoms with E-state index in [2.05, 4.69) is 4.90 Å². The summed E-state index contributed by atoms with van der Waals surface area (Å²) in [5, 5.41) is 0. The second-order valence-corrected chi connectivity index (χ2v) is 6.38. The highest BCUT2D eigenvalue weighted by Gasteiger charge is 2.23. The zero-order valence-electron chi connectivity index (χ0n) is 15.4. The zero-order valence-corrected chi connectivity index (χ0v) is 15.4. The molecule has 0 saturated carbocycles. The van der Waals surface area contributed by atoms with Gasteiger partial charge in [-0.2, -0.15) is 0 Å². The Morgan fingerprint density at radius 3 is 2.33 bits per heavy atom. The first-order valence-corrected chi connectivity index (χ1v) is 8.69. The molecule has 0 unspecified atom stereocenters. The highest BCUT2D eigenvalue weighted by atomic mass is 19.2. The molecule has 0 atom stereocenters. The van der Waals surface area contributed by atoms with Gasteiger partial charge in [0.1, 0.15) is 11.5 Å². The van der Waals surface area contributed by atoms with E-state index < -0.39 is 11.6 Å². The summed E-state index contributed by atoms with van der Waals surface area (Å²) >= 11 is 0. The van der Waals surface area contributed by atoms with Crippen molar-refractivity contribution in [2.45, 2.75) is 6.54 Å². The Labute approximate surface area is 157 Å². The van der Waals surface area contributed by atoms with Gasteiger partial charge in [0, 0.05) is 43.9 Å². The number of rotatable bonds is 5. The molecule has 0 spiro atoms. The maximum Gasteiger partial charge on any atom is 0.254 e. The van der Waals surface area contributed by atoms with Crippen molar-refractivity contribution in [2.24, 2.45) is 0 Å². The van der Waals surface area contributed by atoms with Crippen LogP contribution >= 0.6 is 0 Å². The van der Waals surface area contributed by atoms with Gasteiger partial charge in [-0.25, -0.2) is 8.78 Å². The topological polar surface area (TPSA) is 42.0 Å². The average molecular weight is 376 g/mol. The quantitative estimate of drug-likeness (QED) is 0.805. The first-order valence-electron chi connectivity index (χ1n) is 8.69. The third-order valence-electron chi connectivity index (χ3n) is 4.71. The molecular weight excluding hydrogens is 354 g/mol. The van der Waals surface area contributed by atoms with E-state index >= 15 is 0 Å². The predicted molar refractivity (Wildman–Crippen MR) is 97.1 cm³/mol. The molecule has 1 amide bonds. The van der Waals surface area contributed by atoms with E-state index in [4.69, 9.17) is 9.47 Å². The molecule has 5 nitrogen and oxygen atoms in total. The van der Waals surface area contributed by atoms with Crippen LogP contribution in [0.25, 0.3) is 0 Å². The lowest BCUT2D eigenvalue weighted by molar-refractivity contribution is 0.0627. The molecular formula is C20H22F2N2O3. The fourth-order valence-corrected chi connectivity index (χ4v) is 3.17. The van der Waals surface area contributed by atoms with Gasteiger partial charge in [-0.1, -0.05) is 0 Å². The van der Waals surface area contributed by atoms with E-state index in [1.54, 1.807) is 19.1 Å². The minimum absolute atomic E-state index is 0.164. The van der Waals surface area contributed by atoms with Crippen LogP contribution in [0, 0.1) is 11.6 Å². The monoisotopic (exact) mass is 376 g/mol. The molecule has 144 valence electrons. The number of hydrogen-bond donors (Lipinski definition) is 0. The predicted octanol–water partition coefficient (Wildman–Crippen LogP) is 2.94. The number of hydrogen-bond acceptors (Lipinski definition) is 4. The lowest BCUT2D eigenvalue weighted by atomic mass is 10.1. The van der Waals surface area contributed by atoms with Gasteiger partial charge < -0.3 is 14.4 Å². The fourth-order valence-electron chi connectivity index (χ4n) is 3.17. The van der Waals surface area contributed by atoms with E-state index in [9.17, 15) is 13.6 Å². The maximum atomic E-state index is 13.4. The molecule has 7 heteroatoms. The summed E-state index contributed by atoms with van der Waals surface area (Å²) in [6.07, 6.45) is 0. The summed E-state index contributed by atoms with van der Waals surface area (Å²) in [4.78, 5) is 16.4. The van der Waals surface area contributed by atoms with Crippen LogP contribution in [0.2, 0.25) is 0 Å². The summed E-state index contributed by atoms with van der Waals surface area (Å²) < 4.78 is 37.1. The average Bonchev–Trinajstić information content (AvgIpc) is 2.70. The van der Waals surface area contributed by atoms with Crippen LogP contribution in [-0.4, -0.2) is 56.1 Å². The fraction of sp³-hybridized carbons (Fsp3) is 0.350. The van der Waals surface area contributed by atoms with E-state index in [-0.39, 0.29) is 11.5 Å². The van der Waals surface area contributed by atoms with E-state index in [0.717, 1.165) is 29.2 Å². The van der Waals surface area contributed by atoms with Gasteiger partial charge in [-0.15, -0.1) is 0 Å². The highest BCUT2D eigenvalue weighted by Crippen LogP contribution is 2.25. The third-order valence-corrected chi connectivity index (χ3v) is 4.71. The van der Waals surface area contributed by atoms with Gasteiger partial charge in [-0.3, -0.25) is 9.69 Å². The molecule has 0 aromatic heterocycles. The standard InChI is InChI=1S/C20H22F2N2O3/c1-26-16-4-6-19(27-2)15(11-16)13-23-7-9-24(10-8-23)20(25)14-3-5-17(21)18(22)12-14/h3-6,11-12H,7-10,13H2,1-2H3. The zero-order chi connectivity index (χ0) is 19.4. The van der Waals surface area contributed by atoms with Crippen molar-refractivity contribution in [3.63, 3.8) is 0 Å². The second-order valence-electron chi connectivity index (χ2n) is 6.38. The van der Waals surface area contributed by atoms with Gasteiger partial charge >= 0.3 is 0 Å². The summed E-state index contributed by atoms with van der Waals surface area (Å²) in [5.74, 6) is -0.699. The van der Waals surface area contributed by atoms with Gasteiger partial charge in [0.2, 0.25) is 0 Å². The van der Waals surface area contributed by atoms with Crippen molar-refractivity contribution >= 4 is 5.91 Å². The number of amides is 1. The maximum absolute atomic E-state index is 13.4. The van der Waals surface area contributed by atoms with Crippen LogP contribution in [0.3, 0.4) is 0 Å². The Hall–Kier alpha value is -2.67. The first kappa shape index (κ1) is 19.1. The molecule has 27 heavy (non-hydrogen) atoms. The lowest BCUT2D eigenvalue weighted by Crippen LogP contribution is -2.48. The van der Waals surface area contributed by atoms with Crippen molar-refractivity contribution in [2.75, 3.05) is 40.4 Å². The molecule has 0 bridgehead atoms. The van der Waals surface area contributed by atoms with Crippen molar-refractivity contribution in [3.05, 3.63) is 59.2 Å². The molecule has 3 rings (SSSR count). The van der Waals surface area contributed by atoms with Gasteiger partial charge in [-0.05, 0) is 36.4 Å². The van der Waals surface area contributed by atoms with E-state index in [1.807, 2.05) is 18.2 Å². The Kier molecular flexibility index (Phi) is 5.91. The molecule has 2 aromatic rings. The molecule has 2 aromatic carbocycles. The molecule has 1 aliphatic heterocycles. The molecule has 1 aliphatic rings. The lowest BCUT2D eigenvalue weighted by Gasteiger charge is -2.35. The normalized spacial score (nSPS) is 14.9. The highest BCUT2D eigenvalue weighted by molar-refractivity contribution is 5.94. The number of carbonyl (C=O) groups excluding carboxylic acids is 1. The van der Waals surface area contributed by atoms with Crippen LogP contribution in [0.4, 0.5) is 8.78 Å². The van der Waals surface area contributed by atoms with E-state index in [0.29, 0.717) is 32.7 Å². The number of halogens is 2. The number of methoxy groups -OCH3 is 2. The number of piperazine rings is 1. The Morgan fingerprint density at radius 1 is 0.963 bits per heavy atom. The first-order chi connectivity index (χ1) is 13.0. The molecule has 1 fully saturated rings. The van der Waals surface area contributed by atoms with Crippen LogP contribution in [0.15, 0.2) is 36.4 Å². The minimum atomic E-state index is -1.01. The van der Waals surface area contributed by atoms with Crippen molar-refractivity contribution in [1.82, 2.24) is 9.80 Å². The van der Waals surface area contributed by atoms with E-state index in [1.165, 1.54) is 6.07 Å². The molecule has 0 aliphatic carbocycles. The van der Waals surface area contributed by atoms with Crippen LogP contribution in [-0.2, 0) is 6.54 Å². The molecule has 1 saturated heterocycles. The largest absolute Gasteiger partial charge is 0.497 e. The van der Waals surface area contributed by atoms with Crippen LogP contribution < -0.4 is 9.47 Å². The van der Waals surface area contributed by atoms with Crippen molar-refractivity contribution < 1.29 is 23.0 Å². The Morgan fingerprint density at radius 2 is 1.70 bits per heavy atom. The number of nitrogens with zero attached hydrogens (tertiary/aromatic N) is 2. The van der Waals surface area contributed by atoms with Gasteiger partial charge in [0.15, 0.2) is 11.6 Å². The van der Waals surface area contributed by atoms with Gasteiger partial charge in [0.25, 0.3) is 5.91 Å². The smallest absolute Gasteiger partial charge is 0.254 e.